The van der Waals surface area contributed by atoms with Crippen molar-refractivity contribution in [1.29, 1.82) is 0 Å². The zero-order valence-electron chi connectivity index (χ0n) is 16.0. The number of rotatable bonds is 3. The highest BCUT2D eigenvalue weighted by molar-refractivity contribution is 5.54. The summed E-state index contributed by atoms with van der Waals surface area (Å²) in [4.78, 5) is 11.8. The molecule has 27 heavy (non-hydrogen) atoms. The Balaban J connectivity index is 0.000000855. The maximum absolute atomic E-state index is 12.4. The number of aryl methyl sites for hydroxylation is 1. The Morgan fingerprint density at radius 2 is 1.56 bits per heavy atom. The minimum atomic E-state index is -4.64. The van der Waals surface area contributed by atoms with Gasteiger partial charge in [0, 0.05) is 24.4 Å². The summed E-state index contributed by atoms with van der Waals surface area (Å²) in [6, 6.07) is 6.84. The van der Waals surface area contributed by atoms with Crippen LogP contribution in [0, 0.1) is 6.92 Å². The molecule has 5 nitrogen and oxygen atoms in total. The third kappa shape index (κ3) is 6.47. The van der Waals surface area contributed by atoms with Crippen LogP contribution in [-0.4, -0.2) is 20.1 Å². The maximum Gasteiger partial charge on any atom is 0.471 e. The fraction of sp³-hybridized carbons (Fsp3) is 0.368. The number of halogens is 3. The molecule has 1 aromatic carbocycles. The summed E-state index contributed by atoms with van der Waals surface area (Å²) >= 11 is 0. The molecule has 3 rings (SSSR count). The summed E-state index contributed by atoms with van der Waals surface area (Å²) in [5, 5.41) is 3.35. The zero-order chi connectivity index (χ0) is 20.4. The van der Waals surface area contributed by atoms with Crippen LogP contribution in [0.3, 0.4) is 0 Å². The van der Waals surface area contributed by atoms with Gasteiger partial charge in [0.2, 0.25) is 5.82 Å². The van der Waals surface area contributed by atoms with Crippen molar-refractivity contribution in [3.63, 3.8) is 0 Å². The lowest BCUT2D eigenvalue weighted by Gasteiger charge is -2.02. The van der Waals surface area contributed by atoms with Crippen molar-refractivity contribution in [1.82, 2.24) is 20.1 Å². The molecule has 8 heteroatoms. The Labute approximate surface area is 156 Å². The normalized spacial score (nSPS) is 10.4. The van der Waals surface area contributed by atoms with E-state index in [0.717, 1.165) is 17.0 Å². The first-order valence-corrected chi connectivity index (χ1v) is 8.69. The average Bonchev–Trinajstić information content (AvgIpc) is 3.18. The van der Waals surface area contributed by atoms with Crippen LogP contribution in [0.1, 0.15) is 50.5 Å². The van der Waals surface area contributed by atoms with Gasteiger partial charge >= 0.3 is 12.1 Å². The minimum Gasteiger partial charge on any atom is -0.329 e. The van der Waals surface area contributed by atoms with Gasteiger partial charge in [0.1, 0.15) is 0 Å². The molecule has 3 aromatic rings. The first kappa shape index (κ1) is 22.3. The van der Waals surface area contributed by atoms with Gasteiger partial charge in [0.25, 0.3) is 0 Å². The second kappa shape index (κ2) is 10.4. The van der Waals surface area contributed by atoms with E-state index < -0.39 is 12.1 Å². The van der Waals surface area contributed by atoms with Crippen LogP contribution in [-0.2, 0) is 12.6 Å². The van der Waals surface area contributed by atoms with Gasteiger partial charge in [-0.2, -0.15) is 18.2 Å². The summed E-state index contributed by atoms with van der Waals surface area (Å²) in [6.07, 6.45) is -0.692. The first-order valence-electron chi connectivity index (χ1n) is 8.69. The molecule has 0 aliphatic heterocycles. The van der Waals surface area contributed by atoms with Gasteiger partial charge in [0.15, 0.2) is 0 Å². The van der Waals surface area contributed by atoms with E-state index in [1.807, 2.05) is 34.6 Å². The largest absolute Gasteiger partial charge is 0.471 e. The Morgan fingerprint density at radius 1 is 0.926 bits per heavy atom. The van der Waals surface area contributed by atoms with Crippen LogP contribution in [0.25, 0.3) is 11.4 Å². The molecule has 0 radical (unpaired) electrons. The molecule has 0 fully saturated rings. The molecule has 2 heterocycles. The second-order valence-corrected chi connectivity index (χ2v) is 4.94. The van der Waals surface area contributed by atoms with E-state index in [0.29, 0.717) is 12.0 Å². The molecule has 0 unspecified atom stereocenters. The number of nitrogens with zero attached hydrogens (tertiary/aromatic N) is 4. The quantitative estimate of drug-likeness (QED) is 0.600. The van der Waals surface area contributed by atoms with Crippen LogP contribution in [0.5, 0.6) is 0 Å². The maximum atomic E-state index is 12.4. The molecule has 0 N–H and O–H groups in total. The molecule has 0 saturated heterocycles. The summed E-state index contributed by atoms with van der Waals surface area (Å²) in [7, 11) is 0. The van der Waals surface area contributed by atoms with Crippen molar-refractivity contribution in [2.45, 2.75) is 47.2 Å². The molecule has 0 amide bonds. The zero-order valence-corrected chi connectivity index (χ0v) is 16.0. The number of hydrogen-bond donors (Lipinski definition) is 0. The molecular weight excluding hydrogens is 357 g/mol. The molecule has 0 saturated carbocycles. The molecular formula is C19H23F3N4O. The van der Waals surface area contributed by atoms with Crippen LogP contribution in [0.15, 0.2) is 41.2 Å². The van der Waals surface area contributed by atoms with E-state index in [9.17, 15) is 13.2 Å². The number of alkyl halides is 3. The minimum absolute atomic E-state index is 0.0981. The predicted octanol–water partition coefficient (Wildman–Crippen LogP) is 5.50. The topological polar surface area (TPSA) is 64.7 Å². The van der Waals surface area contributed by atoms with Crippen molar-refractivity contribution >= 4 is 0 Å². The summed E-state index contributed by atoms with van der Waals surface area (Å²) in [6.45, 7) is 9.85. The molecule has 0 aliphatic carbocycles. The van der Waals surface area contributed by atoms with Crippen LogP contribution in [0.2, 0.25) is 0 Å². The van der Waals surface area contributed by atoms with Gasteiger partial charge in [-0.1, -0.05) is 57.1 Å². The lowest BCUT2D eigenvalue weighted by atomic mass is 10.1. The predicted molar refractivity (Wildman–Crippen MR) is 97.0 cm³/mol. The van der Waals surface area contributed by atoms with Gasteiger partial charge in [-0.25, -0.2) is 0 Å². The fourth-order valence-corrected chi connectivity index (χ4v) is 1.95. The van der Waals surface area contributed by atoms with Gasteiger partial charge in [-0.15, -0.1) is 0 Å². The van der Waals surface area contributed by atoms with Gasteiger partial charge in [-0.3, -0.25) is 9.97 Å². The van der Waals surface area contributed by atoms with E-state index in [1.54, 1.807) is 36.7 Å². The molecule has 0 atom stereocenters. The number of benzene rings is 1. The highest BCUT2D eigenvalue weighted by atomic mass is 19.4. The van der Waals surface area contributed by atoms with Gasteiger partial charge in [0.05, 0.1) is 11.4 Å². The van der Waals surface area contributed by atoms with Crippen molar-refractivity contribution < 1.29 is 17.7 Å². The summed E-state index contributed by atoms with van der Waals surface area (Å²) < 4.78 is 41.5. The Bertz CT molecular complexity index is 797. The van der Waals surface area contributed by atoms with E-state index >= 15 is 0 Å². The van der Waals surface area contributed by atoms with Crippen molar-refractivity contribution in [3.8, 4) is 11.4 Å². The Morgan fingerprint density at radius 3 is 2.04 bits per heavy atom. The molecule has 2 aromatic heterocycles. The van der Waals surface area contributed by atoms with E-state index in [2.05, 4.69) is 24.6 Å². The van der Waals surface area contributed by atoms with Gasteiger partial charge < -0.3 is 4.52 Å². The van der Waals surface area contributed by atoms with E-state index in [-0.39, 0.29) is 5.82 Å². The number of aromatic nitrogens is 4. The lowest BCUT2D eigenvalue weighted by Crippen LogP contribution is -2.04. The lowest BCUT2D eigenvalue weighted by molar-refractivity contribution is -0.159. The summed E-state index contributed by atoms with van der Waals surface area (Å²) in [5.41, 5.74) is 3.04. The monoisotopic (exact) mass is 380 g/mol. The van der Waals surface area contributed by atoms with Crippen LogP contribution >= 0.6 is 0 Å². The highest BCUT2D eigenvalue weighted by Crippen LogP contribution is 2.29. The Hall–Kier alpha value is -2.77. The van der Waals surface area contributed by atoms with E-state index in [1.165, 1.54) is 0 Å². The van der Waals surface area contributed by atoms with Crippen molar-refractivity contribution in [2.24, 2.45) is 0 Å². The van der Waals surface area contributed by atoms with Gasteiger partial charge in [-0.05, 0) is 12.5 Å². The Kier molecular flexibility index (Phi) is 8.58. The standard InChI is InChI=1S/C15H11F3N4O.2C2H6/c1-9-7-20-12(8-19-9)6-10-2-4-11(5-3-10)13-21-14(23-22-13)15(16,17)18;2*1-2/h2-5,7-8H,6H2,1H3;2*1-2H3. The molecule has 0 aliphatic rings. The summed E-state index contributed by atoms with van der Waals surface area (Å²) in [5.74, 6) is -1.45. The van der Waals surface area contributed by atoms with E-state index in [4.69, 9.17) is 0 Å². The van der Waals surface area contributed by atoms with Crippen LogP contribution < -0.4 is 0 Å². The SMILES string of the molecule is CC.CC.Cc1cnc(Cc2ccc(-c3noc(C(F)(F)F)n3)cc2)cn1. The molecule has 0 spiro atoms. The smallest absolute Gasteiger partial charge is 0.329 e. The fourth-order valence-electron chi connectivity index (χ4n) is 1.95. The third-order valence-corrected chi connectivity index (χ3v) is 3.10. The first-order chi connectivity index (χ1) is 12.9. The highest BCUT2D eigenvalue weighted by Gasteiger charge is 2.38. The number of hydrogen-bond acceptors (Lipinski definition) is 5. The molecule has 146 valence electrons. The van der Waals surface area contributed by atoms with Crippen molar-refractivity contribution in [3.05, 3.63) is 59.5 Å². The van der Waals surface area contributed by atoms with Crippen molar-refractivity contribution in [2.75, 3.05) is 0 Å². The van der Waals surface area contributed by atoms with Crippen LogP contribution in [0.4, 0.5) is 13.2 Å². The molecule has 0 bridgehead atoms. The third-order valence-electron chi connectivity index (χ3n) is 3.10. The average molecular weight is 380 g/mol. The second-order valence-electron chi connectivity index (χ2n) is 4.94.